The van der Waals surface area contributed by atoms with E-state index in [2.05, 4.69) is 58.0 Å². The van der Waals surface area contributed by atoms with E-state index in [4.69, 9.17) is 0 Å². The standard InChI is InChI=1S/C13H18/c1-10(2)9-12(4)13-8-6-5-7-11(13)3/h5-10H,1-4H3/b12-9+. The van der Waals surface area contributed by atoms with Crippen LogP contribution in [0.4, 0.5) is 0 Å². The van der Waals surface area contributed by atoms with Crippen molar-refractivity contribution in [3.05, 3.63) is 41.5 Å². The van der Waals surface area contributed by atoms with E-state index in [0.717, 1.165) is 0 Å². The zero-order valence-electron chi connectivity index (χ0n) is 8.96. The molecule has 1 aromatic rings. The van der Waals surface area contributed by atoms with Gasteiger partial charge in [-0.1, -0.05) is 44.2 Å². The van der Waals surface area contributed by atoms with Gasteiger partial charge in [0.25, 0.3) is 0 Å². The van der Waals surface area contributed by atoms with Crippen LogP contribution in [0.25, 0.3) is 5.57 Å². The highest BCUT2D eigenvalue weighted by atomic mass is 14.0. The van der Waals surface area contributed by atoms with E-state index in [-0.39, 0.29) is 0 Å². The van der Waals surface area contributed by atoms with Crippen molar-refractivity contribution in [3.63, 3.8) is 0 Å². The van der Waals surface area contributed by atoms with Crippen molar-refractivity contribution in [1.29, 1.82) is 0 Å². The highest BCUT2D eigenvalue weighted by Gasteiger charge is 1.99. The van der Waals surface area contributed by atoms with E-state index in [1.807, 2.05) is 0 Å². The lowest BCUT2D eigenvalue weighted by Gasteiger charge is -2.06. The van der Waals surface area contributed by atoms with Crippen molar-refractivity contribution in [2.45, 2.75) is 27.7 Å². The average Bonchev–Trinajstić information content (AvgIpc) is 2.03. The Labute approximate surface area is 81.3 Å². The first kappa shape index (κ1) is 10.0. The molecule has 0 unspecified atom stereocenters. The summed E-state index contributed by atoms with van der Waals surface area (Å²) in [6.07, 6.45) is 2.31. The molecule has 0 fully saturated rings. The quantitative estimate of drug-likeness (QED) is 0.634. The molecular weight excluding hydrogens is 156 g/mol. The van der Waals surface area contributed by atoms with Crippen LogP contribution in [0.15, 0.2) is 30.3 Å². The molecule has 0 bridgehead atoms. The Morgan fingerprint density at radius 1 is 1.23 bits per heavy atom. The van der Waals surface area contributed by atoms with Crippen molar-refractivity contribution >= 4 is 5.57 Å². The Balaban J connectivity index is 3.02. The lowest BCUT2D eigenvalue weighted by molar-refractivity contribution is 0.833. The third kappa shape index (κ3) is 2.73. The average molecular weight is 174 g/mol. The van der Waals surface area contributed by atoms with E-state index >= 15 is 0 Å². The van der Waals surface area contributed by atoms with Gasteiger partial charge in [0.05, 0.1) is 0 Å². The number of aryl methyl sites for hydroxylation is 1. The fraction of sp³-hybridized carbons (Fsp3) is 0.385. The Kier molecular flexibility index (Phi) is 3.30. The van der Waals surface area contributed by atoms with E-state index in [0.29, 0.717) is 5.92 Å². The number of rotatable bonds is 2. The van der Waals surface area contributed by atoms with Gasteiger partial charge in [-0.3, -0.25) is 0 Å². The highest BCUT2D eigenvalue weighted by Crippen LogP contribution is 2.19. The Morgan fingerprint density at radius 3 is 2.38 bits per heavy atom. The molecule has 1 rings (SSSR count). The summed E-state index contributed by atoms with van der Waals surface area (Å²) in [6.45, 7) is 8.76. The summed E-state index contributed by atoms with van der Waals surface area (Å²) in [6, 6.07) is 8.53. The molecule has 0 heterocycles. The van der Waals surface area contributed by atoms with Crippen LogP contribution < -0.4 is 0 Å². The van der Waals surface area contributed by atoms with Gasteiger partial charge in [0, 0.05) is 0 Å². The van der Waals surface area contributed by atoms with E-state index in [9.17, 15) is 0 Å². The van der Waals surface area contributed by atoms with Crippen molar-refractivity contribution in [2.24, 2.45) is 5.92 Å². The number of benzene rings is 1. The summed E-state index contributed by atoms with van der Waals surface area (Å²) in [7, 11) is 0. The minimum absolute atomic E-state index is 0.625. The van der Waals surface area contributed by atoms with Crippen LogP contribution >= 0.6 is 0 Å². The molecular formula is C13H18. The lowest BCUT2D eigenvalue weighted by Crippen LogP contribution is -1.87. The molecule has 0 aliphatic carbocycles. The molecule has 0 N–H and O–H groups in total. The van der Waals surface area contributed by atoms with Gasteiger partial charge in [-0.2, -0.15) is 0 Å². The maximum atomic E-state index is 2.31. The van der Waals surface area contributed by atoms with Gasteiger partial charge in [0.2, 0.25) is 0 Å². The normalized spacial score (nSPS) is 12.2. The predicted octanol–water partition coefficient (Wildman–Crippen LogP) is 4.05. The van der Waals surface area contributed by atoms with E-state index in [1.165, 1.54) is 16.7 Å². The largest absolute Gasteiger partial charge is 0.0784 e. The molecule has 0 spiro atoms. The first-order valence-corrected chi connectivity index (χ1v) is 4.85. The molecule has 0 radical (unpaired) electrons. The molecule has 0 saturated carbocycles. The van der Waals surface area contributed by atoms with Crippen molar-refractivity contribution in [1.82, 2.24) is 0 Å². The van der Waals surface area contributed by atoms with Crippen LogP contribution in [-0.4, -0.2) is 0 Å². The van der Waals surface area contributed by atoms with Gasteiger partial charge < -0.3 is 0 Å². The Bertz CT molecular complexity index is 306. The van der Waals surface area contributed by atoms with Crippen LogP contribution in [0.3, 0.4) is 0 Å². The minimum atomic E-state index is 0.625. The maximum absolute atomic E-state index is 2.31. The van der Waals surface area contributed by atoms with Gasteiger partial charge in [-0.15, -0.1) is 0 Å². The third-order valence-corrected chi connectivity index (χ3v) is 2.15. The first-order valence-electron chi connectivity index (χ1n) is 4.85. The zero-order valence-corrected chi connectivity index (χ0v) is 8.96. The molecule has 0 heteroatoms. The van der Waals surface area contributed by atoms with Crippen LogP contribution in [0.5, 0.6) is 0 Å². The second-order valence-electron chi connectivity index (χ2n) is 3.91. The molecule has 0 amide bonds. The molecule has 0 aliphatic heterocycles. The zero-order chi connectivity index (χ0) is 9.84. The monoisotopic (exact) mass is 174 g/mol. The predicted molar refractivity (Wildman–Crippen MR) is 59.7 cm³/mol. The van der Waals surface area contributed by atoms with Gasteiger partial charge in [-0.05, 0) is 36.5 Å². The van der Waals surface area contributed by atoms with Crippen molar-refractivity contribution in [2.75, 3.05) is 0 Å². The first-order chi connectivity index (χ1) is 6.11. The molecule has 0 aromatic heterocycles. The highest BCUT2D eigenvalue weighted by molar-refractivity contribution is 5.66. The van der Waals surface area contributed by atoms with Crippen molar-refractivity contribution in [3.8, 4) is 0 Å². The Morgan fingerprint density at radius 2 is 1.85 bits per heavy atom. The molecule has 0 atom stereocenters. The number of allylic oxidation sites excluding steroid dienone is 2. The Hall–Kier alpha value is -1.04. The van der Waals surface area contributed by atoms with Crippen molar-refractivity contribution < 1.29 is 0 Å². The van der Waals surface area contributed by atoms with E-state index in [1.54, 1.807) is 0 Å². The van der Waals surface area contributed by atoms with Crippen LogP contribution in [0.2, 0.25) is 0 Å². The second-order valence-corrected chi connectivity index (χ2v) is 3.91. The van der Waals surface area contributed by atoms with Crippen LogP contribution in [0.1, 0.15) is 31.9 Å². The summed E-state index contributed by atoms with van der Waals surface area (Å²) in [5, 5.41) is 0. The molecule has 70 valence electrons. The smallest absolute Gasteiger partial charge is 0.0201 e. The minimum Gasteiger partial charge on any atom is -0.0784 e. The van der Waals surface area contributed by atoms with Gasteiger partial charge in [-0.25, -0.2) is 0 Å². The summed E-state index contributed by atoms with van der Waals surface area (Å²) in [4.78, 5) is 0. The molecule has 13 heavy (non-hydrogen) atoms. The second kappa shape index (κ2) is 4.27. The van der Waals surface area contributed by atoms with Crippen LogP contribution in [-0.2, 0) is 0 Å². The fourth-order valence-electron chi connectivity index (χ4n) is 1.61. The van der Waals surface area contributed by atoms with E-state index < -0.39 is 0 Å². The summed E-state index contributed by atoms with van der Waals surface area (Å²) < 4.78 is 0. The van der Waals surface area contributed by atoms with Gasteiger partial charge in [0.15, 0.2) is 0 Å². The third-order valence-electron chi connectivity index (χ3n) is 2.15. The fourth-order valence-corrected chi connectivity index (χ4v) is 1.61. The maximum Gasteiger partial charge on any atom is -0.0201 e. The molecule has 0 aliphatic rings. The lowest BCUT2D eigenvalue weighted by atomic mass is 9.99. The van der Waals surface area contributed by atoms with Crippen LogP contribution in [0, 0.1) is 12.8 Å². The summed E-state index contributed by atoms with van der Waals surface area (Å²) in [5.74, 6) is 0.625. The SMILES string of the molecule is C/C(=C\C(C)C)c1ccccc1C. The number of hydrogen-bond donors (Lipinski definition) is 0. The topological polar surface area (TPSA) is 0 Å². The number of hydrogen-bond acceptors (Lipinski definition) is 0. The molecule has 0 nitrogen and oxygen atoms in total. The van der Waals surface area contributed by atoms with Gasteiger partial charge in [0.1, 0.15) is 0 Å². The molecule has 1 aromatic carbocycles. The molecule has 0 saturated heterocycles. The summed E-state index contributed by atoms with van der Waals surface area (Å²) >= 11 is 0. The summed E-state index contributed by atoms with van der Waals surface area (Å²) in [5.41, 5.74) is 4.11. The van der Waals surface area contributed by atoms with Gasteiger partial charge >= 0.3 is 0 Å².